The minimum Gasteiger partial charge on any atom is -0.393 e. The first-order valence-electron chi connectivity index (χ1n) is 7.16. The fraction of sp³-hybridized carbons (Fsp3) is 0.533. The van der Waals surface area contributed by atoms with Gasteiger partial charge in [-0.3, -0.25) is 0 Å². The molecule has 0 radical (unpaired) electrons. The predicted octanol–water partition coefficient (Wildman–Crippen LogP) is 2.04. The van der Waals surface area contributed by atoms with Crippen LogP contribution in [0.3, 0.4) is 0 Å². The lowest BCUT2D eigenvalue weighted by Gasteiger charge is -2.16. The highest BCUT2D eigenvalue weighted by molar-refractivity contribution is 7.92. The third-order valence-electron chi connectivity index (χ3n) is 4.26. The molecule has 1 fully saturated rings. The van der Waals surface area contributed by atoms with Crippen molar-refractivity contribution in [1.29, 1.82) is 0 Å². The van der Waals surface area contributed by atoms with Crippen molar-refractivity contribution in [2.45, 2.75) is 25.0 Å². The predicted molar refractivity (Wildman–Crippen MR) is 88.1 cm³/mol. The molecule has 0 unspecified atom stereocenters. The highest BCUT2D eigenvalue weighted by Gasteiger charge is 2.72. The van der Waals surface area contributed by atoms with E-state index < -0.39 is 32.2 Å². The molecule has 22 heavy (non-hydrogen) atoms. The number of benzene rings is 1. The molecule has 1 aromatic rings. The van der Waals surface area contributed by atoms with Crippen molar-refractivity contribution >= 4 is 27.0 Å². The van der Waals surface area contributed by atoms with Crippen LogP contribution in [0.5, 0.6) is 0 Å². The number of thiocarbonyl (C=S) groups is 1. The molecule has 2 rings (SSSR count). The van der Waals surface area contributed by atoms with Crippen LogP contribution in [0, 0.1) is 11.2 Å². The van der Waals surface area contributed by atoms with Gasteiger partial charge in [0, 0.05) is 18.3 Å². The largest absolute Gasteiger partial charge is 0.393 e. The second-order valence-electron chi connectivity index (χ2n) is 5.45. The first kappa shape index (κ1) is 17.3. The molecule has 2 N–H and O–H groups in total. The Balaban J connectivity index is 2.51. The molecule has 0 bridgehead atoms. The zero-order chi connectivity index (χ0) is 16.5. The molecule has 1 aliphatic rings. The van der Waals surface area contributed by atoms with E-state index in [1.807, 2.05) is 6.92 Å². The van der Waals surface area contributed by atoms with Crippen LogP contribution in [0.2, 0.25) is 0 Å². The Morgan fingerprint density at radius 3 is 2.64 bits per heavy atom. The number of ether oxygens (including phenoxy) is 1. The molecule has 122 valence electrons. The Bertz CT molecular complexity index is 677. The Morgan fingerprint density at radius 1 is 1.45 bits per heavy atom. The maximum atomic E-state index is 13.5. The Labute approximate surface area is 135 Å². The number of hydrogen-bond acceptors (Lipinski definition) is 4. The van der Waals surface area contributed by atoms with Gasteiger partial charge in [0.2, 0.25) is 0 Å². The van der Waals surface area contributed by atoms with E-state index in [9.17, 15) is 12.8 Å². The molecule has 1 aliphatic carbocycles. The zero-order valence-electron chi connectivity index (χ0n) is 12.6. The van der Waals surface area contributed by atoms with Crippen molar-refractivity contribution in [2.75, 3.05) is 19.0 Å². The molecule has 7 heteroatoms. The van der Waals surface area contributed by atoms with E-state index >= 15 is 0 Å². The summed E-state index contributed by atoms with van der Waals surface area (Å²) in [5.41, 5.74) is 5.52. The average Bonchev–Trinajstić information content (AvgIpc) is 3.16. The molecule has 0 aliphatic heterocycles. The van der Waals surface area contributed by atoms with Crippen molar-refractivity contribution in [2.24, 2.45) is 11.1 Å². The topological polar surface area (TPSA) is 69.4 Å². The average molecular weight is 345 g/mol. The van der Waals surface area contributed by atoms with Crippen molar-refractivity contribution in [3.63, 3.8) is 0 Å². The number of rotatable bonds is 7. The van der Waals surface area contributed by atoms with Gasteiger partial charge in [0.1, 0.15) is 5.82 Å². The highest BCUT2D eigenvalue weighted by atomic mass is 32.2. The van der Waals surface area contributed by atoms with Gasteiger partial charge in [0.25, 0.3) is 0 Å². The highest BCUT2D eigenvalue weighted by Crippen LogP contribution is 2.63. The summed E-state index contributed by atoms with van der Waals surface area (Å²) in [5.74, 6) is -0.887. The molecular formula is C15H20FNO3S2. The molecule has 1 aromatic carbocycles. The van der Waals surface area contributed by atoms with Crippen molar-refractivity contribution in [3.8, 4) is 0 Å². The molecule has 0 aromatic heterocycles. The Hall–Kier alpha value is -1.05. The summed E-state index contributed by atoms with van der Waals surface area (Å²) in [4.78, 5) is 0.109. The van der Waals surface area contributed by atoms with Gasteiger partial charge in [0.05, 0.1) is 22.3 Å². The quantitative estimate of drug-likeness (QED) is 0.766. The summed E-state index contributed by atoms with van der Waals surface area (Å²) in [7, 11) is -3.39. The molecular weight excluding hydrogens is 325 g/mol. The standard InChI is InChI=1S/C15H20FNO3S2/c1-3-20-9-15(14(17)21)12(13(15)22(18,19)4-2)10-6-5-7-11(16)8-10/h5-8,12-13H,3-4,9H2,1-2H3,(H2,17,21)/t12-,13-,15+/m1/s1. The van der Waals surface area contributed by atoms with Crippen LogP contribution in [0.15, 0.2) is 24.3 Å². The van der Waals surface area contributed by atoms with Crippen LogP contribution in [-0.2, 0) is 14.6 Å². The van der Waals surface area contributed by atoms with Crippen LogP contribution in [0.1, 0.15) is 25.3 Å². The maximum Gasteiger partial charge on any atom is 0.154 e. The Kier molecular flexibility index (Phi) is 4.89. The van der Waals surface area contributed by atoms with Gasteiger partial charge in [-0.25, -0.2) is 12.8 Å². The lowest BCUT2D eigenvalue weighted by molar-refractivity contribution is 0.121. The molecule has 3 atom stereocenters. The number of sulfone groups is 1. The maximum absolute atomic E-state index is 13.5. The van der Waals surface area contributed by atoms with E-state index in [0.29, 0.717) is 12.2 Å². The summed E-state index contributed by atoms with van der Waals surface area (Å²) < 4.78 is 43.9. The molecule has 1 saturated carbocycles. The number of hydrogen-bond donors (Lipinski definition) is 1. The third kappa shape index (κ3) is 2.77. The van der Waals surface area contributed by atoms with E-state index in [1.165, 1.54) is 12.1 Å². The van der Waals surface area contributed by atoms with Crippen LogP contribution in [0.4, 0.5) is 4.39 Å². The Morgan fingerprint density at radius 2 is 2.14 bits per heavy atom. The summed E-state index contributed by atoms with van der Waals surface area (Å²) in [6.07, 6.45) is 0. The summed E-state index contributed by atoms with van der Waals surface area (Å²) in [6, 6.07) is 5.93. The van der Waals surface area contributed by atoms with Gasteiger partial charge >= 0.3 is 0 Å². The second kappa shape index (κ2) is 6.22. The normalized spacial score (nSPS) is 27.6. The van der Waals surface area contributed by atoms with Crippen LogP contribution < -0.4 is 5.73 Å². The monoisotopic (exact) mass is 345 g/mol. The van der Waals surface area contributed by atoms with Crippen molar-refractivity contribution < 1.29 is 17.5 Å². The van der Waals surface area contributed by atoms with Crippen LogP contribution in [-0.4, -0.2) is 37.6 Å². The van der Waals surface area contributed by atoms with Gasteiger partial charge in [-0.2, -0.15) is 0 Å². The SMILES string of the molecule is CCOC[C@]1(C(N)=S)[C@H](c2cccc(F)c2)[C@H]1S(=O)(=O)CC. The van der Waals surface area contributed by atoms with E-state index in [1.54, 1.807) is 19.1 Å². The summed E-state index contributed by atoms with van der Waals surface area (Å²) >= 11 is 5.15. The van der Waals surface area contributed by atoms with Gasteiger partial charge < -0.3 is 10.5 Å². The van der Waals surface area contributed by atoms with Gasteiger partial charge in [-0.1, -0.05) is 31.3 Å². The molecule has 0 amide bonds. The van der Waals surface area contributed by atoms with E-state index in [4.69, 9.17) is 22.7 Å². The van der Waals surface area contributed by atoms with Crippen LogP contribution in [0.25, 0.3) is 0 Å². The van der Waals surface area contributed by atoms with Gasteiger partial charge in [0.15, 0.2) is 9.84 Å². The minimum absolute atomic E-state index is 0.0139. The fourth-order valence-corrected chi connectivity index (χ4v) is 5.56. The minimum atomic E-state index is -3.39. The van der Waals surface area contributed by atoms with Crippen molar-refractivity contribution in [1.82, 2.24) is 0 Å². The van der Waals surface area contributed by atoms with E-state index in [0.717, 1.165) is 0 Å². The number of nitrogens with two attached hydrogens (primary N) is 1. The van der Waals surface area contributed by atoms with E-state index in [-0.39, 0.29) is 17.3 Å². The second-order valence-corrected chi connectivity index (χ2v) is 8.30. The van der Waals surface area contributed by atoms with Crippen molar-refractivity contribution in [3.05, 3.63) is 35.6 Å². The lowest BCUT2D eigenvalue weighted by Crippen LogP contribution is -2.34. The smallest absolute Gasteiger partial charge is 0.154 e. The zero-order valence-corrected chi connectivity index (χ0v) is 14.2. The van der Waals surface area contributed by atoms with Gasteiger partial charge in [-0.05, 0) is 24.6 Å². The molecule has 0 heterocycles. The number of halogens is 1. The van der Waals surface area contributed by atoms with Gasteiger partial charge in [-0.15, -0.1) is 0 Å². The lowest BCUT2D eigenvalue weighted by atomic mass is 10.00. The molecule has 0 saturated heterocycles. The first-order chi connectivity index (χ1) is 10.3. The fourth-order valence-electron chi connectivity index (χ4n) is 3.09. The summed E-state index contributed by atoms with van der Waals surface area (Å²) in [5, 5.41) is -0.754. The molecule has 0 spiro atoms. The van der Waals surface area contributed by atoms with E-state index in [2.05, 4.69) is 0 Å². The van der Waals surface area contributed by atoms with Crippen LogP contribution >= 0.6 is 12.2 Å². The third-order valence-corrected chi connectivity index (χ3v) is 6.91. The summed E-state index contributed by atoms with van der Waals surface area (Å²) in [6.45, 7) is 3.96. The molecule has 4 nitrogen and oxygen atoms in total. The first-order valence-corrected chi connectivity index (χ1v) is 9.28.